The fraction of sp³-hybridized carbons (Fsp3) is 0.421. The van der Waals surface area contributed by atoms with Gasteiger partial charge in [0.1, 0.15) is 12.2 Å². The molecule has 0 spiro atoms. The van der Waals surface area contributed by atoms with Gasteiger partial charge in [-0.1, -0.05) is 30.3 Å². The molecule has 8 heteroatoms. The Hall–Kier alpha value is -2.71. The van der Waals surface area contributed by atoms with Crippen LogP contribution in [0.3, 0.4) is 0 Å². The van der Waals surface area contributed by atoms with Crippen molar-refractivity contribution in [2.75, 3.05) is 46.5 Å². The summed E-state index contributed by atoms with van der Waals surface area (Å²) in [5.74, 6) is 0.136. The Balaban J connectivity index is 1.65. The van der Waals surface area contributed by atoms with Crippen LogP contribution in [0.1, 0.15) is 0 Å². The minimum Gasteiger partial charge on any atom is -0.494 e. The quantitative estimate of drug-likeness (QED) is 0.756. The Kier molecular flexibility index (Phi) is 6.56. The number of ether oxygens (including phenoxy) is 2. The van der Waals surface area contributed by atoms with Gasteiger partial charge in [-0.2, -0.15) is 5.10 Å². The van der Waals surface area contributed by atoms with Crippen LogP contribution in [0.4, 0.5) is 0 Å². The molecule has 2 heterocycles. The number of amides is 1. The minimum absolute atomic E-state index is 0.133. The number of carbonyl (C=O) groups is 1. The van der Waals surface area contributed by atoms with Gasteiger partial charge in [0.05, 0.1) is 20.3 Å². The summed E-state index contributed by atoms with van der Waals surface area (Å²) in [6.45, 7) is 4.34. The molecule has 1 aliphatic heterocycles. The number of aromatic nitrogens is 2. The van der Waals surface area contributed by atoms with Gasteiger partial charge >= 0.3 is 0 Å². The number of carbonyl (C=O) groups excluding carboxylic acids is 1. The van der Waals surface area contributed by atoms with Crippen LogP contribution < -0.4 is 15.6 Å². The Morgan fingerprint density at radius 2 is 2.00 bits per heavy atom. The molecule has 1 amide bonds. The van der Waals surface area contributed by atoms with Gasteiger partial charge < -0.3 is 14.8 Å². The highest BCUT2D eigenvalue weighted by molar-refractivity contribution is 5.75. The van der Waals surface area contributed by atoms with Crippen LogP contribution in [0.15, 0.2) is 41.2 Å². The fourth-order valence-electron chi connectivity index (χ4n) is 2.91. The molecule has 0 unspecified atom stereocenters. The van der Waals surface area contributed by atoms with E-state index < -0.39 is 0 Å². The van der Waals surface area contributed by atoms with E-state index in [2.05, 4.69) is 15.3 Å². The lowest BCUT2D eigenvalue weighted by Gasteiger charge is -2.26. The molecule has 0 saturated carbocycles. The van der Waals surface area contributed by atoms with Crippen LogP contribution in [0.2, 0.25) is 0 Å². The zero-order valence-electron chi connectivity index (χ0n) is 15.4. The van der Waals surface area contributed by atoms with Crippen LogP contribution in [-0.2, 0) is 16.1 Å². The van der Waals surface area contributed by atoms with Crippen LogP contribution in [0.5, 0.6) is 5.75 Å². The maximum atomic E-state index is 12.3. The van der Waals surface area contributed by atoms with E-state index in [1.165, 1.54) is 13.2 Å². The summed E-state index contributed by atoms with van der Waals surface area (Å²) in [6, 6.07) is 10.8. The first kappa shape index (κ1) is 19.1. The molecule has 2 aromatic rings. The molecule has 27 heavy (non-hydrogen) atoms. The molecular weight excluding hydrogens is 348 g/mol. The predicted octanol–water partition coefficient (Wildman–Crippen LogP) is 0.367. The molecule has 1 aliphatic rings. The number of benzene rings is 1. The molecule has 0 radical (unpaired) electrons. The molecule has 1 aromatic carbocycles. The molecule has 0 aliphatic carbocycles. The van der Waals surface area contributed by atoms with Gasteiger partial charge in [-0.3, -0.25) is 14.5 Å². The van der Waals surface area contributed by atoms with Crippen LogP contribution in [0, 0.1) is 0 Å². The van der Waals surface area contributed by atoms with Crippen molar-refractivity contribution in [1.29, 1.82) is 0 Å². The highest BCUT2D eigenvalue weighted by Crippen LogP contribution is 2.25. The summed E-state index contributed by atoms with van der Waals surface area (Å²) < 4.78 is 11.7. The summed E-state index contributed by atoms with van der Waals surface area (Å²) in [4.78, 5) is 26.7. The largest absolute Gasteiger partial charge is 0.494 e. The number of nitrogens with one attached hydrogen (secondary N) is 1. The normalized spacial score (nSPS) is 14.7. The minimum atomic E-state index is -0.380. The average Bonchev–Trinajstić information content (AvgIpc) is 2.70. The third kappa shape index (κ3) is 5.15. The first-order valence-electron chi connectivity index (χ1n) is 8.96. The molecule has 8 nitrogen and oxygen atoms in total. The topological polar surface area (TPSA) is 85.7 Å². The predicted molar refractivity (Wildman–Crippen MR) is 101 cm³/mol. The Morgan fingerprint density at radius 3 is 2.70 bits per heavy atom. The SMILES string of the molecule is COc1cc(=O)n(CC(=O)NCCN2CCOCC2)nc1-c1ccccc1. The molecule has 3 rings (SSSR count). The summed E-state index contributed by atoms with van der Waals surface area (Å²) in [7, 11) is 1.49. The molecule has 1 N–H and O–H groups in total. The number of rotatable bonds is 7. The standard InChI is InChI=1S/C19H24N4O4/c1-26-16-13-18(25)23(21-19(16)15-5-3-2-4-6-15)14-17(24)20-7-8-22-9-11-27-12-10-22/h2-6,13H,7-12,14H2,1H3,(H,20,24). The molecular formula is C19H24N4O4. The summed E-state index contributed by atoms with van der Waals surface area (Å²) in [5.41, 5.74) is 0.963. The van der Waals surface area contributed by atoms with E-state index in [1.807, 2.05) is 30.3 Å². The molecule has 0 atom stereocenters. The number of hydrogen-bond acceptors (Lipinski definition) is 6. The number of nitrogens with zero attached hydrogens (tertiary/aromatic N) is 3. The van der Waals surface area contributed by atoms with Crippen LogP contribution in [0.25, 0.3) is 11.3 Å². The van der Waals surface area contributed by atoms with Gasteiger partial charge in [-0.15, -0.1) is 0 Å². The second kappa shape index (κ2) is 9.29. The van der Waals surface area contributed by atoms with Crippen LogP contribution in [-0.4, -0.2) is 67.1 Å². The Morgan fingerprint density at radius 1 is 1.26 bits per heavy atom. The zero-order valence-corrected chi connectivity index (χ0v) is 15.4. The monoisotopic (exact) mass is 372 g/mol. The number of morpholine rings is 1. The molecule has 1 fully saturated rings. The van der Waals surface area contributed by atoms with Gasteiger partial charge in [-0.05, 0) is 0 Å². The lowest BCUT2D eigenvalue weighted by Crippen LogP contribution is -2.42. The van der Waals surface area contributed by atoms with E-state index in [0.29, 0.717) is 18.0 Å². The van der Waals surface area contributed by atoms with Crippen molar-refractivity contribution < 1.29 is 14.3 Å². The van der Waals surface area contributed by atoms with Crippen molar-refractivity contribution in [3.8, 4) is 17.0 Å². The lowest BCUT2D eigenvalue weighted by molar-refractivity contribution is -0.122. The summed E-state index contributed by atoms with van der Waals surface area (Å²) in [6.07, 6.45) is 0. The first-order chi connectivity index (χ1) is 13.2. The highest BCUT2D eigenvalue weighted by atomic mass is 16.5. The van der Waals surface area contributed by atoms with Crippen molar-refractivity contribution in [2.45, 2.75) is 6.54 Å². The van der Waals surface area contributed by atoms with Crippen molar-refractivity contribution in [2.24, 2.45) is 0 Å². The lowest BCUT2D eigenvalue weighted by atomic mass is 10.1. The van der Waals surface area contributed by atoms with E-state index in [-0.39, 0.29) is 18.0 Å². The molecule has 0 bridgehead atoms. The van der Waals surface area contributed by atoms with Gasteiger partial charge in [0.2, 0.25) is 5.91 Å². The second-order valence-corrected chi connectivity index (χ2v) is 6.23. The Bertz CT molecular complexity index is 816. The van der Waals surface area contributed by atoms with Gasteiger partial charge in [-0.25, -0.2) is 4.68 Å². The van der Waals surface area contributed by atoms with Gasteiger partial charge in [0, 0.05) is 37.8 Å². The number of methoxy groups -OCH3 is 1. The van der Waals surface area contributed by atoms with E-state index in [1.54, 1.807) is 0 Å². The smallest absolute Gasteiger partial charge is 0.270 e. The van der Waals surface area contributed by atoms with E-state index >= 15 is 0 Å². The molecule has 1 saturated heterocycles. The van der Waals surface area contributed by atoms with Gasteiger partial charge in [0.15, 0.2) is 5.75 Å². The Labute approximate surface area is 157 Å². The maximum absolute atomic E-state index is 12.3. The highest BCUT2D eigenvalue weighted by Gasteiger charge is 2.14. The number of hydrogen-bond donors (Lipinski definition) is 1. The van der Waals surface area contributed by atoms with Gasteiger partial charge in [0.25, 0.3) is 5.56 Å². The van der Waals surface area contributed by atoms with Crippen LogP contribution >= 0.6 is 0 Å². The fourth-order valence-corrected chi connectivity index (χ4v) is 2.91. The van der Waals surface area contributed by atoms with Crippen molar-refractivity contribution in [3.05, 3.63) is 46.8 Å². The molecule has 1 aromatic heterocycles. The van der Waals surface area contributed by atoms with E-state index in [0.717, 1.165) is 43.1 Å². The van der Waals surface area contributed by atoms with Crippen molar-refractivity contribution >= 4 is 5.91 Å². The summed E-state index contributed by atoms with van der Waals surface area (Å²) in [5, 5.41) is 7.18. The average molecular weight is 372 g/mol. The molecule has 144 valence electrons. The van der Waals surface area contributed by atoms with Crippen molar-refractivity contribution in [1.82, 2.24) is 20.0 Å². The third-order valence-corrected chi connectivity index (χ3v) is 4.38. The summed E-state index contributed by atoms with van der Waals surface area (Å²) >= 11 is 0. The first-order valence-corrected chi connectivity index (χ1v) is 8.96. The maximum Gasteiger partial charge on any atom is 0.270 e. The van der Waals surface area contributed by atoms with E-state index in [4.69, 9.17) is 9.47 Å². The van der Waals surface area contributed by atoms with E-state index in [9.17, 15) is 9.59 Å². The third-order valence-electron chi connectivity index (χ3n) is 4.38. The van der Waals surface area contributed by atoms with Crippen molar-refractivity contribution in [3.63, 3.8) is 0 Å². The zero-order chi connectivity index (χ0) is 19.1. The second-order valence-electron chi connectivity index (χ2n) is 6.23.